The van der Waals surface area contributed by atoms with E-state index in [2.05, 4.69) is 31.3 Å². The average Bonchev–Trinajstić information content (AvgIpc) is 2.85. The van der Waals surface area contributed by atoms with E-state index in [-0.39, 0.29) is 0 Å². The second-order valence-electron chi connectivity index (χ2n) is 4.20. The predicted octanol–water partition coefficient (Wildman–Crippen LogP) is 2.01. The van der Waals surface area contributed by atoms with Gasteiger partial charge in [-0.3, -0.25) is 0 Å². The van der Waals surface area contributed by atoms with Gasteiger partial charge in [0.2, 0.25) is 0 Å². The summed E-state index contributed by atoms with van der Waals surface area (Å²) in [7, 11) is 1.64. The van der Waals surface area contributed by atoms with Crippen LogP contribution in [0.2, 0.25) is 0 Å². The van der Waals surface area contributed by atoms with Gasteiger partial charge in [0.15, 0.2) is 11.4 Å². The molecule has 1 aromatic heterocycles. The standard InChI is InChI=1S/C12H14BrN3O2/c1-17-9-3-2-8-11(10(9)13)18-15-12(8)16-6-4-14-5-7-16/h2-3,14H,4-7H2,1H3. The molecule has 0 aliphatic carbocycles. The number of nitrogens with one attached hydrogen (secondary N) is 1. The third-order valence-corrected chi connectivity index (χ3v) is 3.91. The number of hydrogen-bond donors (Lipinski definition) is 1. The Morgan fingerprint density at radius 1 is 1.39 bits per heavy atom. The second-order valence-corrected chi connectivity index (χ2v) is 4.99. The molecule has 1 aliphatic rings. The molecule has 3 rings (SSSR count). The molecule has 1 aliphatic heterocycles. The van der Waals surface area contributed by atoms with Crippen LogP contribution in [-0.2, 0) is 0 Å². The summed E-state index contributed by atoms with van der Waals surface area (Å²) >= 11 is 3.49. The summed E-state index contributed by atoms with van der Waals surface area (Å²) in [6, 6.07) is 3.92. The van der Waals surface area contributed by atoms with E-state index in [1.807, 2.05) is 12.1 Å². The van der Waals surface area contributed by atoms with Crippen molar-refractivity contribution in [3.8, 4) is 5.75 Å². The number of nitrogens with zero attached hydrogens (tertiary/aromatic N) is 2. The lowest BCUT2D eigenvalue weighted by molar-refractivity contribution is 0.408. The van der Waals surface area contributed by atoms with Crippen molar-refractivity contribution in [2.24, 2.45) is 0 Å². The monoisotopic (exact) mass is 311 g/mol. The third-order valence-electron chi connectivity index (χ3n) is 3.16. The van der Waals surface area contributed by atoms with Gasteiger partial charge in [-0.15, -0.1) is 0 Å². The maximum absolute atomic E-state index is 5.44. The van der Waals surface area contributed by atoms with Crippen molar-refractivity contribution in [3.63, 3.8) is 0 Å². The Hall–Kier alpha value is -1.27. The van der Waals surface area contributed by atoms with Crippen LogP contribution in [0.15, 0.2) is 21.1 Å². The average molecular weight is 312 g/mol. The van der Waals surface area contributed by atoms with Crippen molar-refractivity contribution < 1.29 is 9.26 Å². The Morgan fingerprint density at radius 3 is 2.89 bits per heavy atom. The number of hydrogen-bond acceptors (Lipinski definition) is 5. The van der Waals surface area contributed by atoms with E-state index >= 15 is 0 Å². The topological polar surface area (TPSA) is 50.5 Å². The minimum atomic E-state index is 0.739. The fourth-order valence-electron chi connectivity index (χ4n) is 2.20. The zero-order chi connectivity index (χ0) is 12.5. The zero-order valence-corrected chi connectivity index (χ0v) is 11.7. The quantitative estimate of drug-likeness (QED) is 0.919. The Bertz CT molecular complexity index is 564. The van der Waals surface area contributed by atoms with Gasteiger partial charge in [0.25, 0.3) is 0 Å². The van der Waals surface area contributed by atoms with E-state index < -0.39 is 0 Å². The summed E-state index contributed by atoms with van der Waals surface area (Å²) in [5.74, 6) is 1.67. The molecule has 18 heavy (non-hydrogen) atoms. The van der Waals surface area contributed by atoms with Gasteiger partial charge in [-0.1, -0.05) is 5.16 Å². The first-order valence-corrected chi connectivity index (χ1v) is 6.68. The number of halogens is 1. The molecule has 0 radical (unpaired) electrons. The molecule has 6 heteroatoms. The Kier molecular flexibility index (Phi) is 3.13. The van der Waals surface area contributed by atoms with Gasteiger partial charge in [0, 0.05) is 26.2 Å². The van der Waals surface area contributed by atoms with Gasteiger partial charge >= 0.3 is 0 Å². The van der Waals surface area contributed by atoms with Crippen LogP contribution in [0, 0.1) is 0 Å². The number of methoxy groups -OCH3 is 1. The van der Waals surface area contributed by atoms with Crippen LogP contribution in [0.5, 0.6) is 5.75 Å². The molecule has 5 nitrogen and oxygen atoms in total. The lowest BCUT2D eigenvalue weighted by atomic mass is 10.2. The van der Waals surface area contributed by atoms with Crippen LogP contribution >= 0.6 is 15.9 Å². The number of ether oxygens (including phenoxy) is 1. The molecule has 0 saturated carbocycles. The maximum atomic E-state index is 5.44. The van der Waals surface area contributed by atoms with Crippen molar-refractivity contribution in [1.82, 2.24) is 10.5 Å². The highest BCUT2D eigenvalue weighted by Gasteiger charge is 2.20. The molecule has 1 saturated heterocycles. The van der Waals surface area contributed by atoms with E-state index in [1.165, 1.54) is 0 Å². The molecule has 0 spiro atoms. The molecule has 0 atom stereocenters. The summed E-state index contributed by atoms with van der Waals surface area (Å²) in [6.07, 6.45) is 0. The molecule has 0 amide bonds. The van der Waals surface area contributed by atoms with Crippen molar-refractivity contribution in [2.75, 3.05) is 38.2 Å². The fraction of sp³-hybridized carbons (Fsp3) is 0.417. The van der Waals surface area contributed by atoms with Crippen LogP contribution in [0.3, 0.4) is 0 Å². The lowest BCUT2D eigenvalue weighted by Crippen LogP contribution is -2.43. The van der Waals surface area contributed by atoms with Gasteiger partial charge in [-0.2, -0.15) is 0 Å². The molecule has 96 valence electrons. The highest BCUT2D eigenvalue weighted by Crippen LogP contribution is 2.37. The number of anilines is 1. The Morgan fingerprint density at radius 2 is 2.17 bits per heavy atom. The third kappa shape index (κ3) is 1.85. The van der Waals surface area contributed by atoms with Crippen molar-refractivity contribution >= 4 is 32.7 Å². The molecule has 0 bridgehead atoms. The van der Waals surface area contributed by atoms with Gasteiger partial charge in [0.05, 0.1) is 12.5 Å². The van der Waals surface area contributed by atoms with Crippen LogP contribution < -0.4 is 15.0 Å². The fourth-order valence-corrected chi connectivity index (χ4v) is 2.78. The van der Waals surface area contributed by atoms with Crippen molar-refractivity contribution in [3.05, 3.63) is 16.6 Å². The van der Waals surface area contributed by atoms with E-state index in [9.17, 15) is 0 Å². The second kappa shape index (κ2) is 4.78. The normalized spacial score (nSPS) is 16.2. The van der Waals surface area contributed by atoms with Crippen LogP contribution in [0.1, 0.15) is 0 Å². The van der Waals surface area contributed by atoms with Gasteiger partial charge in [-0.25, -0.2) is 0 Å². The molecule has 2 heterocycles. The first kappa shape index (κ1) is 11.8. The van der Waals surface area contributed by atoms with E-state index in [0.717, 1.165) is 53.2 Å². The molecule has 0 unspecified atom stereocenters. The molecule has 1 N–H and O–H groups in total. The largest absolute Gasteiger partial charge is 0.495 e. The van der Waals surface area contributed by atoms with Gasteiger partial charge in [-0.05, 0) is 28.1 Å². The number of rotatable bonds is 2. The number of aromatic nitrogens is 1. The SMILES string of the molecule is COc1ccc2c(N3CCNCC3)noc2c1Br. The van der Waals surface area contributed by atoms with Gasteiger partial charge < -0.3 is 19.5 Å². The zero-order valence-electron chi connectivity index (χ0n) is 10.1. The lowest BCUT2D eigenvalue weighted by Gasteiger charge is -2.27. The summed E-state index contributed by atoms with van der Waals surface area (Å²) in [6.45, 7) is 3.86. The first-order chi connectivity index (χ1) is 8.81. The minimum Gasteiger partial charge on any atom is -0.495 e. The van der Waals surface area contributed by atoms with Crippen LogP contribution in [0.25, 0.3) is 11.0 Å². The summed E-state index contributed by atoms with van der Waals surface area (Å²) in [5, 5.41) is 8.54. The van der Waals surface area contributed by atoms with E-state index in [1.54, 1.807) is 7.11 Å². The van der Waals surface area contributed by atoms with Crippen molar-refractivity contribution in [1.29, 1.82) is 0 Å². The number of fused-ring (bicyclic) bond motifs is 1. The van der Waals surface area contributed by atoms with Crippen molar-refractivity contribution in [2.45, 2.75) is 0 Å². The van der Waals surface area contributed by atoms with Crippen LogP contribution in [-0.4, -0.2) is 38.4 Å². The molecule has 2 aromatic rings. The number of benzene rings is 1. The van der Waals surface area contributed by atoms with E-state index in [0.29, 0.717) is 0 Å². The molecular formula is C12H14BrN3O2. The van der Waals surface area contributed by atoms with Gasteiger partial charge in [0.1, 0.15) is 10.2 Å². The highest BCUT2D eigenvalue weighted by molar-refractivity contribution is 9.10. The summed E-state index contributed by atoms with van der Waals surface area (Å²) < 4.78 is 11.5. The molecular weight excluding hydrogens is 298 g/mol. The minimum absolute atomic E-state index is 0.739. The predicted molar refractivity (Wildman–Crippen MR) is 73.3 cm³/mol. The van der Waals surface area contributed by atoms with E-state index in [4.69, 9.17) is 9.26 Å². The van der Waals surface area contributed by atoms with Crippen LogP contribution in [0.4, 0.5) is 5.82 Å². The Balaban J connectivity index is 2.06. The highest BCUT2D eigenvalue weighted by atomic mass is 79.9. The molecule has 1 fully saturated rings. The maximum Gasteiger partial charge on any atom is 0.187 e. The molecule has 1 aromatic carbocycles. The number of piperazine rings is 1. The summed E-state index contributed by atoms with van der Waals surface area (Å²) in [5.41, 5.74) is 0.739. The summed E-state index contributed by atoms with van der Waals surface area (Å²) in [4.78, 5) is 2.24. The smallest absolute Gasteiger partial charge is 0.187 e. The first-order valence-electron chi connectivity index (χ1n) is 5.89. The Labute approximate surface area is 113 Å².